The number of fused-ring (bicyclic) bond motifs is 2. The van der Waals surface area contributed by atoms with Gasteiger partial charge in [-0.25, -0.2) is 0 Å². The Morgan fingerprint density at radius 2 is 1.54 bits per heavy atom. The van der Waals surface area contributed by atoms with Crippen LogP contribution in [0.5, 0.6) is 5.75 Å². The van der Waals surface area contributed by atoms with Gasteiger partial charge in [0, 0.05) is 24.5 Å². The molecule has 2 fully saturated rings. The molecule has 4 aliphatic heterocycles. The van der Waals surface area contributed by atoms with Crippen molar-refractivity contribution < 1.29 is 29.0 Å². The molecule has 3 amide bonds. The first-order valence-electron chi connectivity index (χ1n) is 16.5. The Morgan fingerprint density at radius 3 is 2.15 bits per heavy atom. The van der Waals surface area contributed by atoms with Gasteiger partial charge < -0.3 is 29.3 Å². The summed E-state index contributed by atoms with van der Waals surface area (Å²) in [5.74, 6) is -2.15. The Balaban J connectivity index is 1.51. The van der Waals surface area contributed by atoms with Crippen molar-refractivity contribution in [3.63, 3.8) is 0 Å². The van der Waals surface area contributed by atoms with Gasteiger partial charge in [0.25, 0.3) is 5.91 Å². The van der Waals surface area contributed by atoms with Crippen molar-refractivity contribution in [3.05, 3.63) is 77.9 Å². The zero-order valence-corrected chi connectivity index (χ0v) is 27.6. The third-order valence-corrected chi connectivity index (χ3v) is 10.4. The molecule has 46 heavy (non-hydrogen) atoms. The van der Waals surface area contributed by atoms with Crippen LogP contribution < -0.4 is 14.5 Å². The van der Waals surface area contributed by atoms with Crippen LogP contribution in [0.2, 0.25) is 0 Å². The average molecular weight is 628 g/mol. The maximum Gasteiger partial charge on any atom is 0.253 e. The molecule has 9 nitrogen and oxygen atoms in total. The van der Waals surface area contributed by atoms with E-state index < -0.39 is 35.1 Å². The average Bonchev–Trinajstić information content (AvgIpc) is 3.32. The van der Waals surface area contributed by atoms with E-state index in [1.807, 2.05) is 108 Å². The van der Waals surface area contributed by atoms with Crippen LogP contribution in [0.4, 0.5) is 11.4 Å². The monoisotopic (exact) mass is 627 g/mol. The minimum absolute atomic E-state index is 0.153. The summed E-state index contributed by atoms with van der Waals surface area (Å²) >= 11 is 0. The molecule has 2 saturated heterocycles. The summed E-state index contributed by atoms with van der Waals surface area (Å²) in [7, 11) is 0. The van der Waals surface area contributed by atoms with Gasteiger partial charge in [0.1, 0.15) is 17.4 Å². The van der Waals surface area contributed by atoms with Crippen molar-refractivity contribution in [3.8, 4) is 5.75 Å². The number of aryl methyl sites for hydroxylation is 2. The number of hydrogen-bond donors (Lipinski definition) is 1. The molecule has 4 heterocycles. The number of aliphatic hydroxyl groups excluding tert-OH is 1. The van der Waals surface area contributed by atoms with Gasteiger partial charge in [-0.3, -0.25) is 14.4 Å². The fourth-order valence-corrected chi connectivity index (χ4v) is 8.23. The Kier molecular flexibility index (Phi) is 8.36. The molecular formula is C37H45N3O6. The van der Waals surface area contributed by atoms with Crippen LogP contribution in [0.15, 0.2) is 66.8 Å². The van der Waals surface area contributed by atoms with E-state index in [9.17, 15) is 19.5 Å². The summed E-state index contributed by atoms with van der Waals surface area (Å²) < 4.78 is 12.8. The number of benzene rings is 2. The van der Waals surface area contributed by atoms with E-state index in [4.69, 9.17) is 9.47 Å². The normalized spacial score (nSPS) is 29.5. The molecule has 244 valence electrons. The lowest BCUT2D eigenvalue weighted by Gasteiger charge is -2.42. The molecule has 0 radical (unpaired) electrons. The molecular weight excluding hydrogens is 582 g/mol. The van der Waals surface area contributed by atoms with E-state index in [0.717, 1.165) is 16.8 Å². The highest BCUT2D eigenvalue weighted by atomic mass is 16.5. The Labute approximate surface area is 271 Å². The molecule has 0 aliphatic carbocycles. The third kappa shape index (κ3) is 4.70. The lowest BCUT2D eigenvalue weighted by Crippen LogP contribution is -2.60. The fraction of sp³-hybridized carbons (Fsp3) is 0.486. The minimum atomic E-state index is -1.41. The molecule has 6 atom stereocenters. The number of likely N-dealkylation sites (tertiary alicyclic amines) is 1. The Morgan fingerprint density at radius 1 is 0.891 bits per heavy atom. The number of amides is 3. The third-order valence-electron chi connectivity index (χ3n) is 10.4. The highest BCUT2D eigenvalue weighted by molar-refractivity contribution is 6.08. The smallest absolute Gasteiger partial charge is 0.253 e. The van der Waals surface area contributed by atoms with Gasteiger partial charge >= 0.3 is 0 Å². The van der Waals surface area contributed by atoms with E-state index in [-0.39, 0.29) is 36.8 Å². The number of ether oxygens (including phenoxy) is 2. The van der Waals surface area contributed by atoms with Crippen molar-refractivity contribution in [1.82, 2.24) is 4.90 Å². The summed E-state index contributed by atoms with van der Waals surface area (Å²) in [5, 5.41) is 10.7. The summed E-state index contributed by atoms with van der Waals surface area (Å²) in [6, 6.07) is 11.6. The van der Waals surface area contributed by atoms with Crippen molar-refractivity contribution in [2.75, 3.05) is 36.1 Å². The lowest BCUT2D eigenvalue weighted by molar-refractivity contribution is -0.150. The first-order chi connectivity index (χ1) is 22.0. The summed E-state index contributed by atoms with van der Waals surface area (Å²) in [4.78, 5) is 49.7. The maximum atomic E-state index is 15.0. The molecule has 1 N–H and O–H groups in total. The second-order valence-corrected chi connectivity index (χ2v) is 13.2. The van der Waals surface area contributed by atoms with E-state index >= 15 is 0 Å². The molecule has 2 aromatic carbocycles. The predicted molar refractivity (Wildman–Crippen MR) is 177 cm³/mol. The predicted octanol–water partition coefficient (Wildman–Crippen LogP) is 4.59. The minimum Gasteiger partial charge on any atom is -0.494 e. The first kappa shape index (κ1) is 32.0. The van der Waals surface area contributed by atoms with Crippen molar-refractivity contribution in [1.29, 1.82) is 0 Å². The largest absolute Gasteiger partial charge is 0.494 e. The number of para-hydroxylation sites is 1. The van der Waals surface area contributed by atoms with Crippen LogP contribution in [0, 0.1) is 31.6 Å². The maximum absolute atomic E-state index is 15.0. The highest BCUT2D eigenvalue weighted by Crippen LogP contribution is 2.59. The van der Waals surface area contributed by atoms with Gasteiger partial charge in [0.15, 0.2) is 0 Å². The Hall–Kier alpha value is -3.95. The number of anilines is 2. The lowest BCUT2D eigenvalue weighted by atomic mass is 9.73. The Bertz CT molecular complexity index is 1560. The van der Waals surface area contributed by atoms with E-state index in [0.29, 0.717) is 31.0 Å². The molecule has 2 aromatic rings. The SMILES string of the molecule is CCOc1ccc(N2CC=C[C@]3(CC)O[C@]45C=CCN(c6c(C)cccc6C)C(=O)C4N([C@@H](CO)C(C)C)C(=O)[C@@H]5[C@@H]3C2=O)cc1. The standard InChI is InChI=1S/C37H45N3O6/c1-7-36-18-10-20-38(26-14-16-27(17-15-26)45-8-2)33(42)29(36)30-34(43)40(28(22-41)23(3)4)32-35(44)39(21-11-19-37(30,32)46-36)31-24(5)12-9-13-25(31)6/h9-19,23,28-30,32,41H,7-8,20-22H2,1-6H3/t28-,29+,30-,32?,36-,37-/m0/s1. The molecule has 1 spiro atoms. The number of carbonyl (C=O) groups excluding carboxylic acids is 3. The van der Waals surface area contributed by atoms with Gasteiger partial charge in [0.05, 0.1) is 36.7 Å². The summed E-state index contributed by atoms with van der Waals surface area (Å²) in [6.07, 6.45) is 8.08. The molecule has 6 rings (SSSR count). The highest BCUT2D eigenvalue weighted by Gasteiger charge is 2.76. The number of hydrogen-bond acceptors (Lipinski definition) is 6. The molecule has 1 unspecified atom stereocenters. The topological polar surface area (TPSA) is 99.6 Å². The van der Waals surface area contributed by atoms with Crippen LogP contribution in [-0.4, -0.2) is 77.3 Å². The summed E-state index contributed by atoms with van der Waals surface area (Å²) in [5.41, 5.74) is 0.856. The summed E-state index contributed by atoms with van der Waals surface area (Å²) in [6.45, 7) is 12.5. The van der Waals surface area contributed by atoms with Gasteiger partial charge in [0.2, 0.25) is 11.8 Å². The van der Waals surface area contributed by atoms with Crippen LogP contribution in [0.25, 0.3) is 0 Å². The molecule has 0 saturated carbocycles. The quantitative estimate of drug-likeness (QED) is 0.430. The zero-order chi connectivity index (χ0) is 33.0. The molecule has 0 aromatic heterocycles. The van der Waals surface area contributed by atoms with Crippen LogP contribution in [0.3, 0.4) is 0 Å². The zero-order valence-electron chi connectivity index (χ0n) is 27.6. The van der Waals surface area contributed by atoms with Crippen molar-refractivity contribution >= 4 is 29.1 Å². The fourth-order valence-electron chi connectivity index (χ4n) is 8.23. The van der Waals surface area contributed by atoms with Crippen molar-refractivity contribution in [2.24, 2.45) is 17.8 Å². The van der Waals surface area contributed by atoms with E-state index in [2.05, 4.69) is 0 Å². The number of rotatable bonds is 8. The van der Waals surface area contributed by atoms with Crippen molar-refractivity contribution in [2.45, 2.75) is 71.2 Å². The molecule has 9 heteroatoms. The second-order valence-electron chi connectivity index (χ2n) is 13.2. The van der Waals surface area contributed by atoms with Crippen LogP contribution in [0.1, 0.15) is 45.2 Å². The van der Waals surface area contributed by atoms with Gasteiger partial charge in [-0.15, -0.1) is 0 Å². The van der Waals surface area contributed by atoms with E-state index in [1.165, 1.54) is 0 Å². The van der Waals surface area contributed by atoms with E-state index in [1.54, 1.807) is 14.7 Å². The van der Waals surface area contributed by atoms with Crippen LogP contribution in [-0.2, 0) is 19.1 Å². The number of aliphatic hydroxyl groups is 1. The second kappa shape index (κ2) is 12.0. The first-order valence-corrected chi connectivity index (χ1v) is 16.5. The molecule has 4 aliphatic rings. The van der Waals surface area contributed by atoms with Crippen LogP contribution >= 0.6 is 0 Å². The molecule has 0 bridgehead atoms. The number of carbonyl (C=O) groups is 3. The van der Waals surface area contributed by atoms with Gasteiger partial charge in [-0.05, 0) is 68.5 Å². The number of nitrogens with zero attached hydrogens (tertiary/aromatic N) is 3. The van der Waals surface area contributed by atoms with Gasteiger partial charge in [-0.2, -0.15) is 0 Å². The van der Waals surface area contributed by atoms with Gasteiger partial charge in [-0.1, -0.05) is 63.3 Å².